The van der Waals surface area contributed by atoms with Crippen molar-refractivity contribution in [2.45, 2.75) is 13.0 Å². The fourth-order valence-electron chi connectivity index (χ4n) is 1.00. The van der Waals surface area contributed by atoms with E-state index in [1.165, 1.54) is 12.1 Å². The van der Waals surface area contributed by atoms with Crippen molar-refractivity contribution in [2.75, 3.05) is 5.73 Å². The van der Waals surface area contributed by atoms with Crippen LogP contribution in [0.25, 0.3) is 0 Å². The zero-order chi connectivity index (χ0) is 10.0. The normalized spacial score (nSPS) is 12.5. The Morgan fingerprint density at radius 3 is 2.62 bits per heavy atom. The Balaban J connectivity index is 3.19. The molecular formula is C8H11N3O2. The summed E-state index contributed by atoms with van der Waals surface area (Å²) in [5.74, 6) is 0. The highest BCUT2D eigenvalue weighted by molar-refractivity contribution is 5.59. The van der Waals surface area contributed by atoms with E-state index < -0.39 is 4.92 Å². The molecule has 0 heterocycles. The van der Waals surface area contributed by atoms with Crippen LogP contribution in [0.1, 0.15) is 18.5 Å². The van der Waals surface area contributed by atoms with Crippen LogP contribution in [0, 0.1) is 10.1 Å². The third-order valence-electron chi connectivity index (χ3n) is 1.78. The first kappa shape index (κ1) is 9.47. The maximum Gasteiger partial charge on any atom is 0.292 e. The number of nitrogen functional groups attached to an aromatic ring is 1. The van der Waals surface area contributed by atoms with Crippen LogP contribution in [-0.4, -0.2) is 4.92 Å². The lowest BCUT2D eigenvalue weighted by Gasteiger charge is -2.05. The number of hydrogen-bond donors (Lipinski definition) is 2. The van der Waals surface area contributed by atoms with E-state index in [0.29, 0.717) is 5.56 Å². The van der Waals surface area contributed by atoms with Crippen molar-refractivity contribution in [3.63, 3.8) is 0 Å². The molecule has 0 fully saturated rings. The van der Waals surface area contributed by atoms with Gasteiger partial charge in [0.25, 0.3) is 5.69 Å². The van der Waals surface area contributed by atoms with E-state index in [0.717, 1.165) is 0 Å². The van der Waals surface area contributed by atoms with Gasteiger partial charge < -0.3 is 11.5 Å². The highest BCUT2D eigenvalue weighted by Gasteiger charge is 2.12. The van der Waals surface area contributed by atoms with Crippen molar-refractivity contribution >= 4 is 11.4 Å². The number of nitro benzene ring substituents is 1. The van der Waals surface area contributed by atoms with Crippen molar-refractivity contribution < 1.29 is 4.92 Å². The maximum absolute atomic E-state index is 10.5. The van der Waals surface area contributed by atoms with Gasteiger partial charge in [-0.2, -0.15) is 0 Å². The largest absolute Gasteiger partial charge is 0.393 e. The zero-order valence-corrected chi connectivity index (χ0v) is 7.23. The highest BCUT2D eigenvalue weighted by atomic mass is 16.6. The fraction of sp³-hybridized carbons (Fsp3) is 0.250. The first-order valence-electron chi connectivity index (χ1n) is 3.81. The third kappa shape index (κ3) is 1.94. The van der Waals surface area contributed by atoms with Crippen LogP contribution in [-0.2, 0) is 0 Å². The monoisotopic (exact) mass is 181 g/mol. The Labute approximate surface area is 75.5 Å². The van der Waals surface area contributed by atoms with Gasteiger partial charge in [0.05, 0.1) is 4.92 Å². The molecule has 1 atom stereocenters. The molecule has 1 aromatic rings. The number of benzene rings is 1. The number of nitrogens with two attached hydrogens (primary N) is 2. The summed E-state index contributed by atoms with van der Waals surface area (Å²) in [5, 5.41) is 10.5. The summed E-state index contributed by atoms with van der Waals surface area (Å²) in [6, 6.07) is 4.36. The number of nitro groups is 1. The first-order chi connectivity index (χ1) is 6.02. The molecule has 5 heteroatoms. The average Bonchev–Trinajstić information content (AvgIpc) is 2.04. The molecule has 1 rings (SSSR count). The Morgan fingerprint density at radius 2 is 2.15 bits per heavy atom. The van der Waals surface area contributed by atoms with Crippen LogP contribution >= 0.6 is 0 Å². The Morgan fingerprint density at radius 1 is 1.54 bits per heavy atom. The van der Waals surface area contributed by atoms with Crippen LogP contribution in [0.2, 0.25) is 0 Å². The molecule has 13 heavy (non-hydrogen) atoms. The van der Waals surface area contributed by atoms with Crippen molar-refractivity contribution in [1.29, 1.82) is 0 Å². The smallest absolute Gasteiger partial charge is 0.292 e. The lowest BCUT2D eigenvalue weighted by molar-refractivity contribution is -0.384. The van der Waals surface area contributed by atoms with Crippen LogP contribution in [0.4, 0.5) is 11.4 Å². The standard InChI is InChI=1S/C8H11N3O2/c1-5(9)6-2-3-7(10)8(4-6)11(12)13/h2-5H,9-10H2,1H3. The second kappa shape index (κ2) is 3.40. The van der Waals surface area contributed by atoms with Gasteiger partial charge in [-0.1, -0.05) is 6.07 Å². The number of hydrogen-bond acceptors (Lipinski definition) is 4. The number of anilines is 1. The number of rotatable bonds is 2. The summed E-state index contributed by atoms with van der Waals surface area (Å²) in [4.78, 5) is 9.97. The third-order valence-corrected chi connectivity index (χ3v) is 1.78. The predicted octanol–water partition coefficient (Wildman–Crippen LogP) is 1.20. The molecule has 70 valence electrons. The molecule has 0 aliphatic heterocycles. The van der Waals surface area contributed by atoms with Crippen LogP contribution < -0.4 is 11.5 Å². The predicted molar refractivity (Wildman–Crippen MR) is 50.1 cm³/mol. The lowest BCUT2D eigenvalue weighted by Crippen LogP contribution is -2.06. The van der Waals surface area contributed by atoms with E-state index in [4.69, 9.17) is 11.5 Å². The minimum Gasteiger partial charge on any atom is -0.393 e. The first-order valence-corrected chi connectivity index (χ1v) is 3.81. The maximum atomic E-state index is 10.5. The minimum absolute atomic E-state index is 0.0881. The molecule has 0 radical (unpaired) electrons. The van der Waals surface area contributed by atoms with E-state index in [1.807, 2.05) is 0 Å². The molecule has 1 unspecified atom stereocenters. The molecular weight excluding hydrogens is 170 g/mol. The van der Waals surface area contributed by atoms with Gasteiger partial charge in [0.15, 0.2) is 0 Å². The van der Waals surface area contributed by atoms with Gasteiger partial charge in [0, 0.05) is 12.1 Å². The summed E-state index contributed by atoms with van der Waals surface area (Å²) in [5.41, 5.74) is 11.8. The molecule has 1 aromatic carbocycles. The molecule has 0 spiro atoms. The van der Waals surface area contributed by atoms with Gasteiger partial charge in [-0.05, 0) is 18.6 Å². The lowest BCUT2D eigenvalue weighted by atomic mass is 10.1. The summed E-state index contributed by atoms with van der Waals surface area (Å²) in [6.45, 7) is 1.76. The molecule has 0 aliphatic rings. The summed E-state index contributed by atoms with van der Waals surface area (Å²) >= 11 is 0. The minimum atomic E-state index is -0.513. The molecule has 0 amide bonds. The van der Waals surface area contributed by atoms with Crippen molar-refractivity contribution in [1.82, 2.24) is 0 Å². The van der Waals surface area contributed by atoms with Crippen LogP contribution in [0.3, 0.4) is 0 Å². The van der Waals surface area contributed by atoms with E-state index in [-0.39, 0.29) is 17.4 Å². The van der Waals surface area contributed by atoms with Gasteiger partial charge in [-0.15, -0.1) is 0 Å². The molecule has 0 aliphatic carbocycles. The topological polar surface area (TPSA) is 95.2 Å². The molecule has 0 saturated carbocycles. The van der Waals surface area contributed by atoms with Gasteiger partial charge in [0.1, 0.15) is 5.69 Å². The summed E-state index contributed by atoms with van der Waals surface area (Å²) in [6.07, 6.45) is 0. The molecule has 0 saturated heterocycles. The Kier molecular flexibility index (Phi) is 2.48. The van der Waals surface area contributed by atoms with Gasteiger partial charge in [0.2, 0.25) is 0 Å². The van der Waals surface area contributed by atoms with Crippen LogP contribution in [0.5, 0.6) is 0 Å². The Hall–Kier alpha value is -1.62. The van der Waals surface area contributed by atoms with Crippen molar-refractivity contribution in [2.24, 2.45) is 5.73 Å². The highest BCUT2D eigenvalue weighted by Crippen LogP contribution is 2.24. The summed E-state index contributed by atoms with van der Waals surface area (Å²) < 4.78 is 0. The van der Waals surface area contributed by atoms with E-state index in [1.54, 1.807) is 13.0 Å². The van der Waals surface area contributed by atoms with Crippen molar-refractivity contribution in [3.05, 3.63) is 33.9 Å². The quantitative estimate of drug-likeness (QED) is 0.407. The second-order valence-corrected chi connectivity index (χ2v) is 2.86. The SMILES string of the molecule is CC(N)c1ccc(N)c([N+](=O)[O-])c1. The van der Waals surface area contributed by atoms with Crippen LogP contribution in [0.15, 0.2) is 18.2 Å². The van der Waals surface area contributed by atoms with Gasteiger partial charge >= 0.3 is 0 Å². The van der Waals surface area contributed by atoms with Gasteiger partial charge in [-0.25, -0.2) is 0 Å². The van der Waals surface area contributed by atoms with E-state index >= 15 is 0 Å². The molecule has 5 nitrogen and oxygen atoms in total. The van der Waals surface area contributed by atoms with Crippen molar-refractivity contribution in [3.8, 4) is 0 Å². The Bertz CT molecular complexity index is 336. The van der Waals surface area contributed by atoms with Gasteiger partial charge in [-0.3, -0.25) is 10.1 Å². The number of nitrogens with zero attached hydrogens (tertiary/aromatic N) is 1. The second-order valence-electron chi connectivity index (χ2n) is 2.86. The fourth-order valence-corrected chi connectivity index (χ4v) is 1.00. The van der Waals surface area contributed by atoms with E-state index in [9.17, 15) is 10.1 Å². The average molecular weight is 181 g/mol. The molecule has 0 bridgehead atoms. The van der Waals surface area contributed by atoms with E-state index in [2.05, 4.69) is 0 Å². The summed E-state index contributed by atoms with van der Waals surface area (Å²) in [7, 11) is 0. The zero-order valence-electron chi connectivity index (χ0n) is 7.23. The molecule has 4 N–H and O–H groups in total. The molecule has 0 aromatic heterocycles.